The van der Waals surface area contributed by atoms with E-state index in [1.165, 1.54) is 13.8 Å². The second-order valence-corrected chi connectivity index (χ2v) is 7.95. The first-order valence-corrected chi connectivity index (χ1v) is 9.53. The van der Waals surface area contributed by atoms with Crippen LogP contribution in [0.15, 0.2) is 30.7 Å². The molecule has 3 heterocycles. The van der Waals surface area contributed by atoms with E-state index in [0.29, 0.717) is 0 Å². The van der Waals surface area contributed by atoms with Crippen molar-refractivity contribution in [1.29, 1.82) is 0 Å². The molecule has 5 N–H and O–H groups in total. The van der Waals surface area contributed by atoms with Gasteiger partial charge in [0.15, 0.2) is 17.7 Å². The van der Waals surface area contributed by atoms with Gasteiger partial charge in [0, 0.05) is 6.20 Å². The summed E-state index contributed by atoms with van der Waals surface area (Å²) in [7, 11) is 0. The Bertz CT molecular complexity index is 1180. The van der Waals surface area contributed by atoms with Crippen LogP contribution >= 0.6 is 0 Å². The zero-order valence-electron chi connectivity index (χ0n) is 16.9. The van der Waals surface area contributed by atoms with Crippen molar-refractivity contribution in [3.8, 4) is 0 Å². The molecule has 1 fully saturated rings. The average Bonchev–Trinajstić information content (AvgIpc) is 3.19. The van der Waals surface area contributed by atoms with Crippen LogP contribution in [0.4, 0.5) is 23.4 Å². The Balaban J connectivity index is 1.71. The van der Waals surface area contributed by atoms with Crippen molar-refractivity contribution in [2.45, 2.75) is 50.2 Å². The molecule has 2 aromatic heterocycles. The molecule has 4 rings (SSSR count). The Labute approximate surface area is 178 Å². The molecule has 0 spiro atoms. The molecular weight excluding hydrogens is 436 g/mol. The lowest BCUT2D eigenvalue weighted by Crippen LogP contribution is -2.45. The molecule has 32 heavy (non-hydrogen) atoms. The molecular formula is C20H20F4N4O4. The van der Waals surface area contributed by atoms with Crippen molar-refractivity contribution in [1.82, 2.24) is 14.5 Å². The fraction of sp³-hybridized carbons (Fsp3) is 0.400. The van der Waals surface area contributed by atoms with E-state index in [0.717, 1.165) is 35.3 Å². The number of nitrogen functional groups attached to an aromatic ring is 1. The van der Waals surface area contributed by atoms with Gasteiger partial charge < -0.3 is 30.4 Å². The second kappa shape index (κ2) is 7.37. The van der Waals surface area contributed by atoms with E-state index in [-0.39, 0.29) is 28.0 Å². The Morgan fingerprint density at radius 2 is 1.84 bits per heavy atom. The molecule has 0 radical (unpaired) electrons. The largest absolute Gasteiger partial charge is 0.416 e. The van der Waals surface area contributed by atoms with E-state index in [9.17, 15) is 32.9 Å². The van der Waals surface area contributed by atoms with Crippen LogP contribution < -0.4 is 5.73 Å². The van der Waals surface area contributed by atoms with Crippen molar-refractivity contribution >= 4 is 16.9 Å². The van der Waals surface area contributed by atoms with Crippen LogP contribution in [0, 0.1) is 12.7 Å². The molecule has 0 aliphatic carbocycles. The van der Waals surface area contributed by atoms with Crippen molar-refractivity contribution in [2.75, 3.05) is 5.73 Å². The van der Waals surface area contributed by atoms with Gasteiger partial charge in [-0.3, -0.25) is 0 Å². The van der Waals surface area contributed by atoms with Gasteiger partial charge in [0.2, 0.25) is 0 Å². The minimum atomic E-state index is -4.57. The molecule has 0 saturated carbocycles. The second-order valence-electron chi connectivity index (χ2n) is 7.95. The van der Waals surface area contributed by atoms with Crippen molar-refractivity contribution in [2.24, 2.45) is 0 Å². The molecule has 1 aliphatic rings. The normalized spacial score (nSPS) is 25.9. The minimum absolute atomic E-state index is 0.00285. The number of nitrogens with two attached hydrogens (primary N) is 1. The molecule has 172 valence electrons. The van der Waals surface area contributed by atoms with Crippen LogP contribution in [0.3, 0.4) is 0 Å². The van der Waals surface area contributed by atoms with Gasteiger partial charge in [0.05, 0.1) is 10.9 Å². The molecule has 0 bridgehead atoms. The predicted molar refractivity (Wildman–Crippen MR) is 104 cm³/mol. The van der Waals surface area contributed by atoms with Gasteiger partial charge in [-0.2, -0.15) is 13.2 Å². The van der Waals surface area contributed by atoms with Gasteiger partial charge in [0.25, 0.3) is 0 Å². The van der Waals surface area contributed by atoms with Gasteiger partial charge in [0.1, 0.15) is 36.1 Å². The molecule has 3 aromatic rings. The first kappa shape index (κ1) is 22.4. The van der Waals surface area contributed by atoms with Crippen molar-refractivity contribution in [3.05, 3.63) is 53.2 Å². The van der Waals surface area contributed by atoms with Gasteiger partial charge in [-0.05, 0) is 31.0 Å². The van der Waals surface area contributed by atoms with Crippen LogP contribution in [-0.2, 0) is 16.5 Å². The van der Waals surface area contributed by atoms with E-state index in [4.69, 9.17) is 10.5 Å². The zero-order chi connectivity index (χ0) is 23.6. The quantitative estimate of drug-likeness (QED) is 0.444. The fourth-order valence-corrected chi connectivity index (χ4v) is 4.07. The lowest BCUT2D eigenvalue weighted by molar-refractivity contribution is -0.139. The summed E-state index contributed by atoms with van der Waals surface area (Å²) in [6, 6.07) is 3.03. The number of nitrogens with zero attached hydrogens (tertiary/aromatic N) is 3. The molecule has 1 aromatic carbocycles. The smallest absolute Gasteiger partial charge is 0.387 e. The molecule has 0 unspecified atom stereocenters. The predicted octanol–water partition coefficient (Wildman–Crippen LogP) is 2.01. The summed E-state index contributed by atoms with van der Waals surface area (Å²) in [5.41, 5.74) is 2.72. The van der Waals surface area contributed by atoms with Gasteiger partial charge in [-0.15, -0.1) is 0 Å². The maximum Gasteiger partial charge on any atom is 0.416 e. The van der Waals surface area contributed by atoms with Crippen LogP contribution in [0.2, 0.25) is 0 Å². The van der Waals surface area contributed by atoms with E-state index in [1.807, 2.05) is 0 Å². The van der Waals surface area contributed by atoms with Crippen LogP contribution in [-0.4, -0.2) is 48.2 Å². The Kier molecular flexibility index (Phi) is 5.16. The number of aliphatic hydroxyl groups excluding tert-OH is 2. The lowest BCUT2D eigenvalue weighted by Gasteiger charge is -2.32. The monoisotopic (exact) mass is 456 g/mol. The van der Waals surface area contributed by atoms with Crippen molar-refractivity contribution in [3.63, 3.8) is 0 Å². The van der Waals surface area contributed by atoms with Crippen LogP contribution in [0.25, 0.3) is 11.0 Å². The maximum absolute atomic E-state index is 14.4. The third-order valence-electron chi connectivity index (χ3n) is 5.78. The number of aliphatic hydroxyl groups is 3. The number of fused-ring (bicyclic) bond motifs is 1. The summed E-state index contributed by atoms with van der Waals surface area (Å²) in [5.74, 6) is -0.917. The number of hydrogen-bond donors (Lipinski definition) is 4. The fourth-order valence-electron chi connectivity index (χ4n) is 4.07. The highest BCUT2D eigenvalue weighted by atomic mass is 19.4. The number of alkyl halides is 3. The molecule has 0 amide bonds. The Hall–Kier alpha value is -2.80. The van der Waals surface area contributed by atoms with Crippen LogP contribution in [0.5, 0.6) is 0 Å². The summed E-state index contributed by atoms with van der Waals surface area (Å²) in [4.78, 5) is 7.66. The first-order valence-electron chi connectivity index (χ1n) is 9.53. The number of rotatable bonds is 3. The topological polar surface area (TPSA) is 127 Å². The summed E-state index contributed by atoms with van der Waals surface area (Å²) in [6.45, 7) is 2.48. The van der Waals surface area contributed by atoms with Crippen molar-refractivity contribution < 1.29 is 37.6 Å². The Morgan fingerprint density at radius 3 is 2.47 bits per heavy atom. The zero-order valence-corrected chi connectivity index (χ0v) is 16.9. The molecule has 1 aliphatic heterocycles. The standard InChI is InChI=1S/C20H20F4N4O4/c1-8-5-9(3-4-10(8)20(22,23)24)19(2,31)15-13(29)14(30)18(32-15)28-6-11(21)12-16(25)26-7-27-17(12)28/h3-7,13-15,18,29-31H,1-2H3,(H2,25,26,27)/t13-,14+,15-,18+,19+/m0/s1. The maximum atomic E-state index is 14.4. The lowest BCUT2D eigenvalue weighted by atomic mass is 9.85. The Morgan fingerprint density at radius 1 is 1.16 bits per heavy atom. The number of aromatic nitrogens is 3. The number of benzene rings is 1. The number of hydrogen-bond acceptors (Lipinski definition) is 7. The third-order valence-corrected chi connectivity index (χ3v) is 5.78. The third kappa shape index (κ3) is 3.39. The summed E-state index contributed by atoms with van der Waals surface area (Å²) < 4.78 is 60.5. The molecule has 12 heteroatoms. The van der Waals surface area contributed by atoms with Gasteiger partial charge >= 0.3 is 6.18 Å². The van der Waals surface area contributed by atoms with E-state index in [2.05, 4.69) is 9.97 Å². The summed E-state index contributed by atoms with van der Waals surface area (Å²) >= 11 is 0. The first-order chi connectivity index (χ1) is 14.8. The number of ether oxygens (including phenoxy) is 1. The molecule has 5 atom stereocenters. The minimum Gasteiger partial charge on any atom is -0.387 e. The number of halogens is 4. The highest BCUT2D eigenvalue weighted by molar-refractivity contribution is 5.86. The van der Waals surface area contributed by atoms with Gasteiger partial charge in [-0.25, -0.2) is 14.4 Å². The van der Waals surface area contributed by atoms with E-state index < -0.39 is 47.7 Å². The van der Waals surface area contributed by atoms with E-state index >= 15 is 0 Å². The SMILES string of the molecule is Cc1cc([C@@](C)(O)[C@H]2O[C@@H](n3cc(F)c4c(N)ncnc43)[C@H](O)[C@@H]2O)ccc1C(F)(F)F. The van der Waals surface area contributed by atoms with Gasteiger partial charge in [-0.1, -0.05) is 12.1 Å². The molecule has 1 saturated heterocycles. The highest BCUT2D eigenvalue weighted by Crippen LogP contribution is 2.42. The number of anilines is 1. The summed E-state index contributed by atoms with van der Waals surface area (Å²) in [6.07, 6.45) is -8.61. The molecule has 8 nitrogen and oxygen atoms in total. The number of aryl methyl sites for hydroxylation is 1. The van der Waals surface area contributed by atoms with E-state index in [1.54, 1.807) is 0 Å². The summed E-state index contributed by atoms with van der Waals surface area (Å²) in [5, 5.41) is 32.2. The van der Waals surface area contributed by atoms with Crippen LogP contribution in [0.1, 0.15) is 29.8 Å². The highest BCUT2D eigenvalue weighted by Gasteiger charge is 2.52. The average molecular weight is 456 g/mol.